The predicted molar refractivity (Wildman–Crippen MR) is 68.9 cm³/mol. The molecule has 0 fully saturated rings. The highest BCUT2D eigenvalue weighted by atomic mass is 35.5. The molecule has 99 valence electrons. The lowest BCUT2D eigenvalue weighted by atomic mass is 10.0. The second kappa shape index (κ2) is 4.85. The van der Waals surface area contributed by atoms with E-state index in [1.165, 1.54) is 0 Å². The Bertz CT molecular complexity index is 621. The van der Waals surface area contributed by atoms with Crippen LogP contribution in [0.5, 0.6) is 0 Å². The number of aromatic nitrogens is 1. The van der Waals surface area contributed by atoms with Crippen molar-refractivity contribution in [3.05, 3.63) is 59.1 Å². The molecule has 0 saturated heterocycles. The molecule has 0 N–H and O–H groups in total. The Balaban J connectivity index is 2.49. The van der Waals surface area contributed by atoms with Crippen LogP contribution in [0.3, 0.4) is 0 Å². The van der Waals surface area contributed by atoms with Crippen LogP contribution in [0.1, 0.15) is 16.7 Å². The molecule has 0 aliphatic carbocycles. The summed E-state index contributed by atoms with van der Waals surface area (Å²) < 4.78 is 37.5. The number of alkyl halides is 3. The van der Waals surface area contributed by atoms with Crippen LogP contribution < -0.4 is 0 Å². The van der Waals surface area contributed by atoms with Gasteiger partial charge in [-0.15, -0.1) is 0 Å². The molecule has 0 amide bonds. The number of nitrogens with zero attached hydrogens (tertiary/aromatic N) is 1. The van der Waals surface area contributed by atoms with Crippen LogP contribution in [-0.2, 0) is 6.18 Å². The lowest BCUT2D eigenvalue weighted by Gasteiger charge is -2.10. The van der Waals surface area contributed by atoms with Crippen molar-refractivity contribution >= 4 is 11.6 Å². The molecule has 0 aliphatic heterocycles. The Morgan fingerprint density at radius 1 is 1.21 bits per heavy atom. The summed E-state index contributed by atoms with van der Waals surface area (Å²) in [7, 11) is 0. The molecule has 0 aliphatic rings. The summed E-state index contributed by atoms with van der Waals surface area (Å²) >= 11 is 5.88. The van der Waals surface area contributed by atoms with E-state index >= 15 is 0 Å². The van der Waals surface area contributed by atoms with E-state index in [1.807, 2.05) is 6.92 Å². The summed E-state index contributed by atoms with van der Waals surface area (Å²) in [6, 6.07) is 6.19. The number of halogens is 4. The maximum Gasteiger partial charge on any atom is 0.417 e. The van der Waals surface area contributed by atoms with E-state index in [-0.39, 0.29) is 5.02 Å². The summed E-state index contributed by atoms with van der Waals surface area (Å²) in [6.07, 6.45) is -3.66. The van der Waals surface area contributed by atoms with Gasteiger partial charge in [-0.1, -0.05) is 23.7 Å². The first-order valence-electron chi connectivity index (χ1n) is 5.45. The second-order valence-corrected chi connectivity index (χ2v) is 4.60. The zero-order chi connectivity index (χ0) is 14.2. The molecule has 1 heterocycles. The second-order valence-electron chi connectivity index (χ2n) is 4.19. The van der Waals surface area contributed by atoms with E-state index in [0.29, 0.717) is 11.3 Å². The lowest BCUT2D eigenvalue weighted by Crippen LogP contribution is -2.05. The Kier molecular flexibility index (Phi) is 3.54. The predicted octanol–water partition coefficient (Wildman–Crippen LogP) is 4.91. The number of benzene rings is 1. The maximum atomic E-state index is 12.5. The molecule has 1 nitrogen and oxygen atoms in total. The van der Waals surface area contributed by atoms with Crippen LogP contribution >= 0.6 is 11.6 Å². The first-order chi connectivity index (χ1) is 8.79. The molecule has 0 unspecified atom stereocenters. The quantitative estimate of drug-likeness (QED) is 0.725. The number of rotatable bonds is 1. The van der Waals surface area contributed by atoms with Crippen LogP contribution in [0, 0.1) is 13.8 Å². The topological polar surface area (TPSA) is 12.9 Å². The van der Waals surface area contributed by atoms with Gasteiger partial charge in [-0.2, -0.15) is 13.2 Å². The SMILES string of the molecule is [CH2]c1ccc(-c2ncc(C(F)(F)F)cc2Cl)cc1C. The zero-order valence-corrected chi connectivity index (χ0v) is 10.8. The molecule has 0 saturated carbocycles. The summed E-state index contributed by atoms with van der Waals surface area (Å²) in [5, 5.41) is -0.0222. The standard InChI is InChI=1S/C14H10ClF3N/c1-8-3-4-10(5-9(8)2)13-12(15)6-11(7-19-13)14(16,17)18/h3-7H,1H2,2H3. The van der Waals surface area contributed by atoms with Gasteiger partial charge in [-0.3, -0.25) is 4.98 Å². The molecular formula is C14H10ClF3N. The van der Waals surface area contributed by atoms with Crippen molar-refractivity contribution in [2.24, 2.45) is 0 Å². The van der Waals surface area contributed by atoms with E-state index in [2.05, 4.69) is 11.9 Å². The fraction of sp³-hybridized carbons (Fsp3) is 0.143. The maximum absolute atomic E-state index is 12.5. The van der Waals surface area contributed by atoms with E-state index in [4.69, 9.17) is 11.6 Å². The molecule has 2 aromatic rings. The molecule has 2 rings (SSSR count). The smallest absolute Gasteiger partial charge is 0.254 e. The normalized spacial score (nSPS) is 11.7. The van der Waals surface area contributed by atoms with Gasteiger partial charge in [0.05, 0.1) is 16.3 Å². The highest BCUT2D eigenvalue weighted by molar-refractivity contribution is 6.33. The van der Waals surface area contributed by atoms with Crippen molar-refractivity contribution < 1.29 is 13.2 Å². The van der Waals surface area contributed by atoms with Crippen LogP contribution in [0.15, 0.2) is 30.5 Å². The van der Waals surface area contributed by atoms with Crippen molar-refractivity contribution in [2.45, 2.75) is 13.1 Å². The highest BCUT2D eigenvalue weighted by Crippen LogP contribution is 2.34. The van der Waals surface area contributed by atoms with Gasteiger partial charge in [0.15, 0.2) is 0 Å². The molecule has 0 bridgehead atoms. The van der Waals surface area contributed by atoms with E-state index in [9.17, 15) is 13.2 Å². The summed E-state index contributed by atoms with van der Waals surface area (Å²) in [6.45, 7) is 5.69. The van der Waals surface area contributed by atoms with Gasteiger partial charge in [0.1, 0.15) is 0 Å². The number of pyridine rings is 1. The summed E-state index contributed by atoms with van der Waals surface area (Å²) in [4.78, 5) is 3.81. The van der Waals surface area contributed by atoms with Gasteiger partial charge in [-0.25, -0.2) is 0 Å². The van der Waals surface area contributed by atoms with Crippen LogP contribution in [-0.4, -0.2) is 4.98 Å². The molecule has 1 aromatic carbocycles. The Morgan fingerprint density at radius 2 is 1.89 bits per heavy atom. The van der Waals surface area contributed by atoms with Crippen molar-refractivity contribution in [1.29, 1.82) is 0 Å². The van der Waals surface area contributed by atoms with E-state index in [1.54, 1.807) is 18.2 Å². The molecule has 19 heavy (non-hydrogen) atoms. The minimum Gasteiger partial charge on any atom is -0.254 e. The Morgan fingerprint density at radius 3 is 2.42 bits per heavy atom. The van der Waals surface area contributed by atoms with Crippen molar-refractivity contribution in [1.82, 2.24) is 4.98 Å². The largest absolute Gasteiger partial charge is 0.417 e. The number of aryl methyl sites for hydroxylation is 1. The lowest BCUT2D eigenvalue weighted by molar-refractivity contribution is -0.137. The van der Waals surface area contributed by atoms with Gasteiger partial charge in [0.25, 0.3) is 0 Å². The fourth-order valence-electron chi connectivity index (χ4n) is 1.65. The van der Waals surface area contributed by atoms with Crippen molar-refractivity contribution in [3.63, 3.8) is 0 Å². The van der Waals surface area contributed by atoms with E-state index < -0.39 is 11.7 Å². The third kappa shape index (κ3) is 2.89. The van der Waals surface area contributed by atoms with Gasteiger partial charge < -0.3 is 0 Å². The molecule has 5 heteroatoms. The average molecular weight is 285 g/mol. The molecule has 0 atom stereocenters. The Hall–Kier alpha value is -1.55. The number of hydrogen-bond donors (Lipinski definition) is 0. The first-order valence-corrected chi connectivity index (χ1v) is 5.82. The van der Waals surface area contributed by atoms with Crippen molar-refractivity contribution in [2.75, 3.05) is 0 Å². The monoisotopic (exact) mass is 284 g/mol. The van der Waals surface area contributed by atoms with Crippen LogP contribution in [0.4, 0.5) is 13.2 Å². The van der Waals surface area contributed by atoms with Gasteiger partial charge in [-0.05, 0) is 37.1 Å². The summed E-state index contributed by atoms with van der Waals surface area (Å²) in [5.41, 5.74) is 1.93. The van der Waals surface area contributed by atoms with E-state index in [0.717, 1.165) is 23.4 Å². The van der Waals surface area contributed by atoms with Crippen LogP contribution in [0.2, 0.25) is 5.02 Å². The summed E-state index contributed by atoms with van der Waals surface area (Å²) in [5.74, 6) is 0. The third-order valence-electron chi connectivity index (χ3n) is 2.78. The minimum absolute atomic E-state index is 0.0222. The molecule has 0 spiro atoms. The van der Waals surface area contributed by atoms with Gasteiger partial charge >= 0.3 is 6.18 Å². The minimum atomic E-state index is -4.44. The van der Waals surface area contributed by atoms with Crippen molar-refractivity contribution in [3.8, 4) is 11.3 Å². The Labute approximate surface area is 114 Å². The van der Waals surface area contributed by atoms with Crippen LogP contribution in [0.25, 0.3) is 11.3 Å². The molecular weight excluding hydrogens is 275 g/mol. The molecule has 1 aromatic heterocycles. The first kappa shape index (κ1) is 13.9. The fourth-order valence-corrected chi connectivity index (χ4v) is 1.92. The third-order valence-corrected chi connectivity index (χ3v) is 3.07. The number of hydrogen-bond acceptors (Lipinski definition) is 1. The van der Waals surface area contributed by atoms with Gasteiger partial charge in [0.2, 0.25) is 0 Å². The zero-order valence-electron chi connectivity index (χ0n) is 10.1. The molecule has 1 radical (unpaired) electrons. The van der Waals surface area contributed by atoms with Gasteiger partial charge in [0, 0.05) is 11.8 Å². The highest BCUT2D eigenvalue weighted by Gasteiger charge is 2.31. The average Bonchev–Trinajstić information content (AvgIpc) is 2.31.